The summed E-state index contributed by atoms with van der Waals surface area (Å²) in [7, 11) is 1.52. The highest BCUT2D eigenvalue weighted by Crippen LogP contribution is 1.85. The van der Waals surface area contributed by atoms with Gasteiger partial charge in [0.1, 0.15) is 0 Å². The van der Waals surface area contributed by atoms with Gasteiger partial charge in [-0.1, -0.05) is 6.58 Å². The molecule has 3 nitrogen and oxygen atoms in total. The van der Waals surface area contributed by atoms with E-state index < -0.39 is 0 Å². The van der Waals surface area contributed by atoms with Crippen molar-refractivity contribution in [3.8, 4) is 0 Å². The molecule has 0 aliphatic carbocycles. The number of hydrogen-bond donors (Lipinski definition) is 0. The number of rotatable bonds is 1. The maximum Gasteiger partial charge on any atom is 0.315 e. The van der Waals surface area contributed by atoms with Gasteiger partial charge in [0.2, 0.25) is 0 Å². The summed E-state index contributed by atoms with van der Waals surface area (Å²) in [6.07, 6.45) is 1.39. The van der Waals surface area contributed by atoms with E-state index in [-0.39, 0.29) is 0 Å². The van der Waals surface area contributed by atoms with Crippen LogP contribution >= 0.6 is 0 Å². The Morgan fingerprint density at radius 1 is 1.50 bits per heavy atom. The molecule has 0 heterocycles. The molecule has 0 N–H and O–H groups in total. The molecule has 0 spiro atoms. The molecule has 0 aromatic heterocycles. The van der Waals surface area contributed by atoms with Crippen molar-refractivity contribution in [3.63, 3.8) is 0 Å². The zero-order chi connectivity index (χ0) is 7.98. The van der Waals surface area contributed by atoms with Crippen molar-refractivity contribution in [2.75, 3.05) is 7.11 Å². The minimum Gasteiger partial charge on any atom is -0.467 e. The summed E-state index contributed by atoms with van der Waals surface area (Å²) < 4.78 is 4.79. The summed E-state index contributed by atoms with van der Waals surface area (Å²) in [6, 6.07) is 0.343. The van der Waals surface area contributed by atoms with Crippen molar-refractivity contribution in [1.29, 1.82) is 0 Å². The van der Waals surface area contributed by atoms with Crippen LogP contribution in [-0.2, 0) is 4.74 Å². The zero-order valence-electron chi connectivity index (χ0n) is 6.59. The maximum atomic E-state index is 4.79. The third kappa shape index (κ3) is 3.83. The lowest BCUT2D eigenvalue weighted by Gasteiger charge is -1.95. The average Bonchev–Trinajstić information content (AvgIpc) is 1.86. The Morgan fingerprint density at radius 3 is 2.40 bits per heavy atom. The molecule has 0 saturated carbocycles. The van der Waals surface area contributed by atoms with Crippen molar-refractivity contribution in [3.05, 3.63) is 12.8 Å². The second-order valence-corrected chi connectivity index (χ2v) is 1.86. The molecular formula is C7H12N2O. The summed E-state index contributed by atoms with van der Waals surface area (Å²) in [5, 5.41) is 0. The Balaban J connectivity index is 4.22. The lowest BCUT2D eigenvalue weighted by molar-refractivity contribution is 0.397. The van der Waals surface area contributed by atoms with Gasteiger partial charge in [0.15, 0.2) is 0 Å². The van der Waals surface area contributed by atoms with E-state index in [2.05, 4.69) is 16.6 Å². The summed E-state index contributed by atoms with van der Waals surface area (Å²) in [4.78, 5) is 7.71. The Labute approximate surface area is 61.1 Å². The standard InChI is InChI=1S/C7H12N2O/c1-5-8-7(10-4)9-6(2)3/h5H,1H2,2-4H3. The Kier molecular flexibility index (Phi) is 4.20. The molecule has 0 aliphatic heterocycles. The highest BCUT2D eigenvalue weighted by atomic mass is 16.5. The summed E-state index contributed by atoms with van der Waals surface area (Å²) in [5.41, 5.74) is 0.905. The van der Waals surface area contributed by atoms with Gasteiger partial charge in [0.25, 0.3) is 0 Å². The normalized spacial score (nSPS) is 10.5. The lowest BCUT2D eigenvalue weighted by atomic mass is 10.5. The van der Waals surface area contributed by atoms with E-state index in [0.717, 1.165) is 5.71 Å². The van der Waals surface area contributed by atoms with Crippen molar-refractivity contribution in [2.24, 2.45) is 9.98 Å². The van der Waals surface area contributed by atoms with Crippen LogP contribution in [0.4, 0.5) is 0 Å². The fraction of sp³-hybridized carbons (Fsp3) is 0.429. The van der Waals surface area contributed by atoms with Crippen LogP contribution < -0.4 is 0 Å². The SMILES string of the molecule is C=CN=C(N=C(C)C)OC. The van der Waals surface area contributed by atoms with Gasteiger partial charge in [-0.2, -0.15) is 0 Å². The predicted octanol–water partition coefficient (Wildman–Crippen LogP) is 1.61. The van der Waals surface area contributed by atoms with E-state index in [1.165, 1.54) is 13.3 Å². The first-order valence-corrected chi connectivity index (χ1v) is 2.95. The van der Waals surface area contributed by atoms with E-state index >= 15 is 0 Å². The molecule has 0 bridgehead atoms. The van der Waals surface area contributed by atoms with Gasteiger partial charge in [-0.15, -0.1) is 0 Å². The number of ether oxygens (including phenoxy) is 1. The van der Waals surface area contributed by atoms with Crippen LogP contribution in [0.25, 0.3) is 0 Å². The highest BCUT2D eigenvalue weighted by molar-refractivity contribution is 5.92. The second-order valence-electron chi connectivity index (χ2n) is 1.86. The summed E-state index contributed by atoms with van der Waals surface area (Å²) in [6.45, 7) is 7.16. The van der Waals surface area contributed by atoms with Crippen molar-refractivity contribution in [1.82, 2.24) is 0 Å². The van der Waals surface area contributed by atoms with Crippen LogP contribution in [0.2, 0.25) is 0 Å². The molecule has 0 atom stereocenters. The molecule has 10 heavy (non-hydrogen) atoms. The Bertz CT molecular complexity index is 164. The minimum absolute atomic E-state index is 0.343. The van der Waals surface area contributed by atoms with Gasteiger partial charge >= 0.3 is 6.02 Å². The van der Waals surface area contributed by atoms with Gasteiger partial charge in [-0.05, 0) is 13.8 Å². The van der Waals surface area contributed by atoms with Gasteiger partial charge in [0.05, 0.1) is 7.11 Å². The third-order valence-corrected chi connectivity index (χ3v) is 0.704. The van der Waals surface area contributed by atoms with Crippen LogP contribution in [0.1, 0.15) is 13.8 Å². The third-order valence-electron chi connectivity index (χ3n) is 0.704. The molecule has 0 saturated heterocycles. The quantitative estimate of drug-likeness (QED) is 0.402. The molecule has 0 aromatic rings. The molecule has 0 radical (unpaired) electrons. The van der Waals surface area contributed by atoms with E-state index in [4.69, 9.17) is 4.74 Å². The van der Waals surface area contributed by atoms with Crippen LogP contribution in [0.3, 0.4) is 0 Å². The Morgan fingerprint density at radius 2 is 2.10 bits per heavy atom. The van der Waals surface area contributed by atoms with Gasteiger partial charge in [0, 0.05) is 11.9 Å². The van der Waals surface area contributed by atoms with Crippen molar-refractivity contribution < 1.29 is 4.74 Å². The van der Waals surface area contributed by atoms with Crippen LogP contribution in [0, 0.1) is 0 Å². The van der Waals surface area contributed by atoms with Crippen LogP contribution in [0.5, 0.6) is 0 Å². The Hall–Kier alpha value is -1.12. The topological polar surface area (TPSA) is 34.0 Å². The van der Waals surface area contributed by atoms with Gasteiger partial charge in [-0.3, -0.25) is 0 Å². The first-order valence-electron chi connectivity index (χ1n) is 2.95. The molecular weight excluding hydrogens is 128 g/mol. The molecule has 0 unspecified atom stereocenters. The molecule has 0 aromatic carbocycles. The van der Waals surface area contributed by atoms with E-state index in [1.54, 1.807) is 0 Å². The fourth-order valence-electron chi connectivity index (χ4n) is 0.397. The number of hydrogen-bond acceptors (Lipinski definition) is 2. The number of nitrogens with zero attached hydrogens (tertiary/aromatic N) is 2. The number of methoxy groups -OCH3 is 1. The van der Waals surface area contributed by atoms with E-state index in [9.17, 15) is 0 Å². The minimum atomic E-state index is 0.343. The largest absolute Gasteiger partial charge is 0.467 e. The lowest BCUT2D eigenvalue weighted by Crippen LogP contribution is -1.98. The summed E-state index contributed by atoms with van der Waals surface area (Å²) >= 11 is 0. The number of amidine groups is 1. The van der Waals surface area contributed by atoms with E-state index in [0.29, 0.717) is 6.02 Å². The van der Waals surface area contributed by atoms with Gasteiger partial charge in [-0.25, -0.2) is 9.98 Å². The summed E-state index contributed by atoms with van der Waals surface area (Å²) in [5.74, 6) is 0. The second kappa shape index (κ2) is 4.73. The fourth-order valence-corrected chi connectivity index (χ4v) is 0.397. The van der Waals surface area contributed by atoms with Crippen LogP contribution in [-0.4, -0.2) is 18.8 Å². The molecule has 0 rings (SSSR count). The molecule has 0 aliphatic rings. The zero-order valence-corrected chi connectivity index (χ0v) is 6.59. The average molecular weight is 140 g/mol. The highest BCUT2D eigenvalue weighted by Gasteiger charge is 1.89. The van der Waals surface area contributed by atoms with Crippen molar-refractivity contribution >= 4 is 11.7 Å². The molecule has 56 valence electrons. The maximum absolute atomic E-state index is 4.79. The van der Waals surface area contributed by atoms with Gasteiger partial charge < -0.3 is 4.74 Å². The first-order chi connectivity index (χ1) is 4.70. The molecule has 3 heteroatoms. The predicted molar refractivity (Wildman–Crippen MR) is 43.4 cm³/mol. The number of aliphatic imine (C=N–C) groups is 2. The van der Waals surface area contributed by atoms with Crippen LogP contribution in [0.15, 0.2) is 22.8 Å². The molecule has 0 amide bonds. The smallest absolute Gasteiger partial charge is 0.315 e. The first kappa shape index (κ1) is 8.88. The van der Waals surface area contributed by atoms with E-state index in [1.807, 2.05) is 13.8 Å². The monoisotopic (exact) mass is 140 g/mol. The van der Waals surface area contributed by atoms with Crippen molar-refractivity contribution in [2.45, 2.75) is 13.8 Å². The molecule has 0 fully saturated rings.